The molecule has 0 bridgehead atoms. The van der Waals surface area contributed by atoms with Crippen molar-refractivity contribution in [3.63, 3.8) is 0 Å². The van der Waals surface area contributed by atoms with Gasteiger partial charge in [0.05, 0.1) is 41.5 Å². The van der Waals surface area contributed by atoms with Crippen molar-refractivity contribution in [3.8, 4) is 0 Å². The van der Waals surface area contributed by atoms with E-state index < -0.39 is 27.8 Å². The molecule has 2 N–H and O–H groups in total. The van der Waals surface area contributed by atoms with Crippen LogP contribution in [-0.2, 0) is 37.9 Å². The zero-order valence-corrected chi connectivity index (χ0v) is 24.9. The monoisotopic (exact) mass is 571 g/mol. The summed E-state index contributed by atoms with van der Waals surface area (Å²) in [5.41, 5.74) is -2.84. The SMILES string of the molecule is COCO[C@H]1C[C@H]2OC(C)(C)OC[C@]23[C@@H]2[C@@H](CC[C@]3(O)C1)[C@@]1(OCOC)CC[C@H](/C=N/O)[C@@]1(C)C[C@H]2OCOC. The van der Waals surface area contributed by atoms with E-state index in [1.807, 2.05) is 13.8 Å². The number of aliphatic hydroxyl groups is 1. The Kier molecular flexibility index (Phi) is 8.64. The second-order valence-electron chi connectivity index (χ2n) is 13.3. The van der Waals surface area contributed by atoms with Gasteiger partial charge >= 0.3 is 0 Å². The Morgan fingerprint density at radius 2 is 1.68 bits per heavy atom. The minimum absolute atomic E-state index is 0.00553. The number of nitrogens with zero attached hydrogens (tertiary/aromatic N) is 1. The largest absolute Gasteiger partial charge is 0.411 e. The molecule has 11 heteroatoms. The standard InChI is InChI=1S/C29H49NO10/c1-25(2)38-15-28-23(40-25)11-20(36-16-33-4)12-27(28,31)9-8-21-24(28)22(37-17-34-5)13-26(3)19(14-30-32)7-10-29(21,26)39-18-35-6/h14,19-24,31-32H,7-13,15-18H2,1-6H3/b30-14+/t19-,20+,21-,22-,23-,24-,26-,27+,28-,29+/m1/s1. The molecule has 1 saturated heterocycles. The van der Waals surface area contributed by atoms with Crippen LogP contribution in [0.15, 0.2) is 5.16 Å². The molecule has 4 aliphatic carbocycles. The number of rotatable bonds is 10. The molecule has 5 rings (SSSR count). The number of ether oxygens (including phenoxy) is 8. The quantitative estimate of drug-likeness (QED) is 0.175. The molecule has 40 heavy (non-hydrogen) atoms. The lowest BCUT2D eigenvalue weighted by Gasteiger charge is -2.71. The summed E-state index contributed by atoms with van der Waals surface area (Å²) in [7, 11) is 4.87. The van der Waals surface area contributed by atoms with Crippen LogP contribution in [0.5, 0.6) is 0 Å². The summed E-state index contributed by atoms with van der Waals surface area (Å²) in [6.45, 7) is 6.85. The number of hydrogen-bond donors (Lipinski definition) is 2. The van der Waals surface area contributed by atoms with E-state index in [9.17, 15) is 10.3 Å². The zero-order chi connectivity index (χ0) is 28.8. The van der Waals surface area contributed by atoms with Gasteiger partial charge in [0.1, 0.15) is 20.4 Å². The molecule has 1 heterocycles. The van der Waals surface area contributed by atoms with Gasteiger partial charge in [0.2, 0.25) is 0 Å². The Labute approximate surface area is 237 Å². The van der Waals surface area contributed by atoms with Crippen molar-refractivity contribution < 1.29 is 48.2 Å². The number of hydrogen-bond acceptors (Lipinski definition) is 11. The highest BCUT2D eigenvalue weighted by molar-refractivity contribution is 5.63. The lowest BCUT2D eigenvalue weighted by Crippen LogP contribution is -2.78. The highest BCUT2D eigenvalue weighted by Gasteiger charge is 2.77. The minimum atomic E-state index is -1.11. The Morgan fingerprint density at radius 3 is 2.38 bits per heavy atom. The van der Waals surface area contributed by atoms with Gasteiger partial charge < -0.3 is 48.2 Å². The molecule has 11 nitrogen and oxygen atoms in total. The van der Waals surface area contributed by atoms with Crippen molar-refractivity contribution in [1.82, 2.24) is 0 Å². The third-order valence-electron chi connectivity index (χ3n) is 11.2. The molecule has 4 saturated carbocycles. The van der Waals surface area contributed by atoms with E-state index in [1.165, 1.54) is 0 Å². The highest BCUT2D eigenvalue weighted by Crippen LogP contribution is 2.72. The third-order valence-corrected chi connectivity index (χ3v) is 11.2. The lowest BCUT2D eigenvalue weighted by atomic mass is 9.40. The van der Waals surface area contributed by atoms with E-state index in [0.717, 1.165) is 19.3 Å². The summed E-state index contributed by atoms with van der Waals surface area (Å²) in [4.78, 5) is 0. The van der Waals surface area contributed by atoms with E-state index in [-0.39, 0.29) is 56.4 Å². The molecule has 5 fully saturated rings. The maximum Gasteiger partial charge on any atom is 0.163 e. The molecule has 0 amide bonds. The summed E-state index contributed by atoms with van der Waals surface area (Å²) >= 11 is 0. The van der Waals surface area contributed by atoms with Gasteiger partial charge in [-0.05, 0) is 51.9 Å². The summed E-state index contributed by atoms with van der Waals surface area (Å²) in [6.07, 6.45) is 5.42. The number of oxime groups is 1. The summed E-state index contributed by atoms with van der Waals surface area (Å²) in [5, 5.41) is 25.8. The van der Waals surface area contributed by atoms with Crippen molar-refractivity contribution in [1.29, 1.82) is 0 Å². The molecule has 230 valence electrons. The van der Waals surface area contributed by atoms with E-state index in [2.05, 4.69) is 12.1 Å². The molecule has 0 aromatic carbocycles. The van der Waals surface area contributed by atoms with Crippen LogP contribution in [0.2, 0.25) is 0 Å². The molecular weight excluding hydrogens is 522 g/mol. The van der Waals surface area contributed by atoms with E-state index in [0.29, 0.717) is 32.3 Å². The fourth-order valence-electron chi connectivity index (χ4n) is 9.65. The van der Waals surface area contributed by atoms with Gasteiger partial charge in [-0.15, -0.1) is 5.16 Å². The number of fused-ring (bicyclic) bond motifs is 3. The predicted molar refractivity (Wildman–Crippen MR) is 143 cm³/mol. The summed E-state index contributed by atoms with van der Waals surface area (Å²) in [6, 6.07) is 0. The average Bonchev–Trinajstić information content (AvgIpc) is 3.19. The van der Waals surface area contributed by atoms with Gasteiger partial charge in [-0.3, -0.25) is 0 Å². The lowest BCUT2D eigenvalue weighted by molar-refractivity contribution is -0.408. The van der Waals surface area contributed by atoms with Crippen LogP contribution in [-0.4, -0.2) is 100 Å². The van der Waals surface area contributed by atoms with Crippen LogP contribution in [0, 0.1) is 28.6 Å². The van der Waals surface area contributed by atoms with Crippen LogP contribution in [0.3, 0.4) is 0 Å². The Hall–Kier alpha value is -0.890. The topological polar surface area (TPSA) is 127 Å². The van der Waals surface area contributed by atoms with E-state index in [4.69, 9.17) is 37.9 Å². The molecule has 0 radical (unpaired) electrons. The van der Waals surface area contributed by atoms with Gasteiger partial charge in [-0.1, -0.05) is 6.92 Å². The molecule has 1 aliphatic heterocycles. The smallest absolute Gasteiger partial charge is 0.163 e. The van der Waals surface area contributed by atoms with Gasteiger partial charge in [0.25, 0.3) is 0 Å². The molecule has 0 aromatic heterocycles. The van der Waals surface area contributed by atoms with Crippen LogP contribution in [0.4, 0.5) is 0 Å². The normalized spacial score (nSPS) is 47.9. The first-order valence-electron chi connectivity index (χ1n) is 14.6. The van der Waals surface area contributed by atoms with Crippen molar-refractivity contribution in [2.24, 2.45) is 33.7 Å². The zero-order valence-electron chi connectivity index (χ0n) is 24.9. The molecule has 0 unspecified atom stereocenters. The predicted octanol–water partition coefficient (Wildman–Crippen LogP) is 3.29. The van der Waals surface area contributed by atoms with Gasteiger partial charge in [-0.2, -0.15) is 0 Å². The van der Waals surface area contributed by atoms with Crippen LogP contribution in [0.25, 0.3) is 0 Å². The van der Waals surface area contributed by atoms with Gasteiger partial charge in [0, 0.05) is 57.6 Å². The Bertz CT molecular complexity index is 919. The molecular formula is C29H49NO10. The van der Waals surface area contributed by atoms with Gasteiger partial charge in [-0.25, -0.2) is 0 Å². The van der Waals surface area contributed by atoms with Crippen LogP contribution >= 0.6 is 0 Å². The minimum Gasteiger partial charge on any atom is -0.411 e. The van der Waals surface area contributed by atoms with Crippen molar-refractivity contribution in [3.05, 3.63) is 0 Å². The van der Waals surface area contributed by atoms with Crippen LogP contribution < -0.4 is 0 Å². The third kappa shape index (κ3) is 4.55. The van der Waals surface area contributed by atoms with E-state index in [1.54, 1.807) is 27.5 Å². The fourth-order valence-corrected chi connectivity index (χ4v) is 9.65. The first kappa shape index (κ1) is 30.6. The van der Waals surface area contributed by atoms with Crippen LogP contribution in [0.1, 0.15) is 65.7 Å². The second-order valence-corrected chi connectivity index (χ2v) is 13.3. The maximum atomic E-state index is 12.7. The highest BCUT2D eigenvalue weighted by atomic mass is 16.7. The van der Waals surface area contributed by atoms with Crippen molar-refractivity contribution in [2.45, 2.75) is 101 Å². The second kappa shape index (κ2) is 11.3. The number of methoxy groups -OCH3 is 3. The molecule has 5 aliphatic rings. The first-order valence-corrected chi connectivity index (χ1v) is 14.6. The summed E-state index contributed by atoms with van der Waals surface area (Å²) < 4.78 is 48.7. The van der Waals surface area contributed by atoms with Crippen molar-refractivity contribution in [2.75, 3.05) is 48.3 Å². The first-order chi connectivity index (χ1) is 19.1. The molecule has 0 aromatic rings. The van der Waals surface area contributed by atoms with Gasteiger partial charge in [0.15, 0.2) is 5.79 Å². The van der Waals surface area contributed by atoms with E-state index >= 15 is 0 Å². The maximum absolute atomic E-state index is 12.7. The average molecular weight is 572 g/mol. The van der Waals surface area contributed by atoms with Crippen molar-refractivity contribution >= 4 is 6.21 Å². The Morgan fingerprint density at radius 1 is 0.950 bits per heavy atom. The molecule has 1 spiro atoms. The fraction of sp³-hybridized carbons (Fsp3) is 0.966. The molecule has 10 atom stereocenters. The summed E-state index contributed by atoms with van der Waals surface area (Å²) in [5.74, 6) is -0.957. The Balaban J connectivity index is 1.64.